The predicted molar refractivity (Wildman–Crippen MR) is 96.2 cm³/mol. The molecule has 0 aliphatic heterocycles. The van der Waals surface area contributed by atoms with E-state index in [1.807, 2.05) is 30.5 Å². The van der Waals surface area contributed by atoms with Gasteiger partial charge in [0.05, 0.1) is 11.1 Å². The van der Waals surface area contributed by atoms with E-state index in [4.69, 9.17) is 4.42 Å². The number of fused-ring (bicyclic) bond motifs is 1. The Morgan fingerprint density at radius 2 is 2.00 bits per heavy atom. The highest BCUT2D eigenvalue weighted by atomic mass is 32.2. The maximum atomic E-state index is 12.1. The summed E-state index contributed by atoms with van der Waals surface area (Å²) in [5.41, 5.74) is 3.55. The molecule has 1 N–H and O–H groups in total. The second kappa shape index (κ2) is 7.18. The number of benzene rings is 2. The summed E-state index contributed by atoms with van der Waals surface area (Å²) < 4.78 is 5.39. The lowest BCUT2D eigenvalue weighted by atomic mass is 10.2. The van der Waals surface area contributed by atoms with Gasteiger partial charge in [-0.2, -0.15) is 5.10 Å². The largest absolute Gasteiger partial charge is 0.451 e. The zero-order valence-electron chi connectivity index (χ0n) is 13.1. The van der Waals surface area contributed by atoms with Crippen LogP contribution in [0.2, 0.25) is 0 Å². The monoisotopic (exact) mass is 355 g/mol. The number of hydrogen-bond donors (Lipinski definition) is 1. The van der Waals surface area contributed by atoms with E-state index in [9.17, 15) is 14.9 Å². The molecule has 2 aromatic carbocycles. The first-order valence-electron chi connectivity index (χ1n) is 7.22. The van der Waals surface area contributed by atoms with Crippen molar-refractivity contribution in [1.82, 2.24) is 5.43 Å². The van der Waals surface area contributed by atoms with Gasteiger partial charge in [-0.05, 0) is 36.1 Å². The fourth-order valence-electron chi connectivity index (χ4n) is 2.17. The molecule has 25 heavy (non-hydrogen) atoms. The fraction of sp³-hybridized carbons (Fsp3) is 0.0588. The molecular weight excluding hydrogens is 342 g/mol. The number of nitrogens with zero attached hydrogens (tertiary/aromatic N) is 2. The minimum Gasteiger partial charge on any atom is -0.451 e. The molecule has 3 aromatic rings. The van der Waals surface area contributed by atoms with Crippen LogP contribution in [0.5, 0.6) is 0 Å². The van der Waals surface area contributed by atoms with Crippen molar-refractivity contribution in [1.29, 1.82) is 0 Å². The van der Waals surface area contributed by atoms with Crippen molar-refractivity contribution in [3.8, 4) is 0 Å². The SMILES string of the molecule is CSc1ccc(/C=N\NC(=O)c2cc3cc([N+](=O)[O-])ccc3o2)cc1. The van der Waals surface area contributed by atoms with E-state index in [-0.39, 0.29) is 11.4 Å². The Labute approximate surface area is 146 Å². The zero-order chi connectivity index (χ0) is 17.8. The third-order valence-corrected chi connectivity index (χ3v) is 4.17. The maximum Gasteiger partial charge on any atom is 0.307 e. The van der Waals surface area contributed by atoms with Gasteiger partial charge in [0, 0.05) is 22.4 Å². The van der Waals surface area contributed by atoms with Gasteiger partial charge in [0.25, 0.3) is 5.69 Å². The molecule has 1 heterocycles. The molecule has 3 rings (SSSR count). The van der Waals surface area contributed by atoms with Gasteiger partial charge in [0.15, 0.2) is 5.76 Å². The second-order valence-corrected chi connectivity index (χ2v) is 5.94. The molecule has 0 saturated heterocycles. The summed E-state index contributed by atoms with van der Waals surface area (Å²) in [6, 6.07) is 13.3. The van der Waals surface area contributed by atoms with E-state index in [1.54, 1.807) is 11.8 Å². The van der Waals surface area contributed by atoms with E-state index >= 15 is 0 Å². The number of nitro benzene ring substituents is 1. The van der Waals surface area contributed by atoms with E-state index < -0.39 is 10.8 Å². The Balaban J connectivity index is 1.71. The normalized spacial score (nSPS) is 11.1. The van der Waals surface area contributed by atoms with Gasteiger partial charge < -0.3 is 4.42 Å². The first kappa shape index (κ1) is 16.7. The maximum absolute atomic E-state index is 12.1. The Hall–Kier alpha value is -3.13. The Bertz CT molecular complexity index is 964. The van der Waals surface area contributed by atoms with Gasteiger partial charge in [-0.1, -0.05) is 12.1 Å². The lowest BCUT2D eigenvalue weighted by Gasteiger charge is -1.97. The smallest absolute Gasteiger partial charge is 0.307 e. The Morgan fingerprint density at radius 1 is 1.24 bits per heavy atom. The standard InChI is InChI=1S/C17H13N3O4S/c1-25-14-5-2-11(3-6-14)10-18-19-17(21)16-9-12-8-13(20(22)23)4-7-15(12)24-16/h2-10H,1H3,(H,19,21)/b18-10-. The summed E-state index contributed by atoms with van der Waals surface area (Å²) in [6.45, 7) is 0. The number of nitro groups is 1. The quantitative estimate of drug-likeness (QED) is 0.325. The summed E-state index contributed by atoms with van der Waals surface area (Å²) in [5.74, 6) is -0.499. The average molecular weight is 355 g/mol. The molecule has 8 heteroatoms. The third kappa shape index (κ3) is 3.86. The minimum atomic E-state index is -0.532. The molecule has 126 valence electrons. The van der Waals surface area contributed by atoms with Crippen LogP contribution < -0.4 is 5.43 Å². The number of carbonyl (C=O) groups is 1. The number of non-ortho nitro benzene ring substituents is 1. The van der Waals surface area contributed by atoms with Crippen molar-refractivity contribution >= 4 is 40.5 Å². The molecule has 1 aromatic heterocycles. The van der Waals surface area contributed by atoms with Crippen LogP contribution in [0.4, 0.5) is 5.69 Å². The highest BCUT2D eigenvalue weighted by molar-refractivity contribution is 7.98. The first-order chi connectivity index (χ1) is 12.1. The molecule has 0 saturated carbocycles. The molecule has 0 aliphatic carbocycles. The van der Waals surface area contributed by atoms with Gasteiger partial charge in [0.1, 0.15) is 5.58 Å². The third-order valence-electron chi connectivity index (χ3n) is 3.43. The molecule has 1 amide bonds. The summed E-state index contributed by atoms with van der Waals surface area (Å²) in [6.07, 6.45) is 3.51. The van der Waals surface area contributed by atoms with Crippen molar-refractivity contribution in [2.45, 2.75) is 4.90 Å². The van der Waals surface area contributed by atoms with Crippen molar-refractivity contribution in [2.24, 2.45) is 5.10 Å². The Kier molecular flexibility index (Phi) is 4.80. The van der Waals surface area contributed by atoms with Gasteiger partial charge >= 0.3 is 5.91 Å². The van der Waals surface area contributed by atoms with Crippen molar-refractivity contribution in [2.75, 3.05) is 6.26 Å². The molecule has 0 fully saturated rings. The average Bonchev–Trinajstić information content (AvgIpc) is 3.05. The number of carbonyl (C=O) groups excluding carboxylic acids is 1. The molecule has 7 nitrogen and oxygen atoms in total. The summed E-state index contributed by atoms with van der Waals surface area (Å²) in [7, 11) is 0. The molecule has 0 aliphatic rings. The topological polar surface area (TPSA) is 97.7 Å². The van der Waals surface area contributed by atoms with Gasteiger partial charge in [-0.15, -0.1) is 11.8 Å². The minimum absolute atomic E-state index is 0.0328. The summed E-state index contributed by atoms with van der Waals surface area (Å²) in [4.78, 5) is 23.5. The van der Waals surface area contributed by atoms with Crippen LogP contribution in [0.15, 0.2) is 62.9 Å². The van der Waals surface area contributed by atoms with Gasteiger partial charge in [-0.25, -0.2) is 5.43 Å². The van der Waals surface area contributed by atoms with Crippen LogP contribution in [0, 0.1) is 10.1 Å². The van der Waals surface area contributed by atoms with Crippen molar-refractivity contribution in [3.63, 3.8) is 0 Å². The van der Waals surface area contributed by atoms with Crippen LogP contribution >= 0.6 is 11.8 Å². The number of nitrogens with one attached hydrogen (secondary N) is 1. The zero-order valence-corrected chi connectivity index (χ0v) is 13.9. The molecule has 0 unspecified atom stereocenters. The predicted octanol–water partition coefficient (Wildman–Crippen LogP) is 3.83. The van der Waals surface area contributed by atoms with Crippen LogP contribution in [-0.4, -0.2) is 23.3 Å². The second-order valence-electron chi connectivity index (χ2n) is 5.06. The van der Waals surface area contributed by atoms with E-state index in [0.29, 0.717) is 11.0 Å². The molecule has 0 radical (unpaired) electrons. The highest BCUT2D eigenvalue weighted by Gasteiger charge is 2.14. The lowest BCUT2D eigenvalue weighted by molar-refractivity contribution is -0.384. The number of hydrogen-bond acceptors (Lipinski definition) is 6. The molecular formula is C17H13N3O4S. The van der Waals surface area contributed by atoms with Crippen LogP contribution in [0.1, 0.15) is 16.1 Å². The Morgan fingerprint density at radius 3 is 2.68 bits per heavy atom. The number of furan rings is 1. The lowest BCUT2D eigenvalue weighted by Crippen LogP contribution is -2.16. The van der Waals surface area contributed by atoms with Crippen molar-refractivity contribution in [3.05, 3.63) is 70.0 Å². The number of amides is 1. The van der Waals surface area contributed by atoms with Crippen LogP contribution in [0.3, 0.4) is 0 Å². The van der Waals surface area contributed by atoms with Crippen LogP contribution in [0.25, 0.3) is 11.0 Å². The molecule has 0 spiro atoms. The van der Waals surface area contributed by atoms with Crippen molar-refractivity contribution < 1.29 is 14.1 Å². The van der Waals surface area contributed by atoms with Gasteiger partial charge in [-0.3, -0.25) is 14.9 Å². The van der Waals surface area contributed by atoms with E-state index in [1.165, 1.54) is 30.5 Å². The highest BCUT2D eigenvalue weighted by Crippen LogP contribution is 2.24. The molecule has 0 atom stereocenters. The van der Waals surface area contributed by atoms with E-state index in [2.05, 4.69) is 10.5 Å². The van der Waals surface area contributed by atoms with Gasteiger partial charge in [0.2, 0.25) is 0 Å². The number of rotatable bonds is 5. The summed E-state index contributed by atoms with van der Waals surface area (Å²) >= 11 is 1.64. The first-order valence-corrected chi connectivity index (χ1v) is 8.45. The van der Waals surface area contributed by atoms with Crippen LogP contribution in [-0.2, 0) is 0 Å². The number of thioether (sulfide) groups is 1. The fourth-order valence-corrected chi connectivity index (χ4v) is 2.57. The van der Waals surface area contributed by atoms with E-state index in [0.717, 1.165) is 10.5 Å². The summed E-state index contributed by atoms with van der Waals surface area (Å²) in [5, 5.41) is 15.1. The molecule has 0 bridgehead atoms. The number of hydrazone groups is 1.